The smallest absolute Gasteiger partial charge is 0.257 e. The highest BCUT2D eigenvalue weighted by molar-refractivity contribution is 7.13. The van der Waals surface area contributed by atoms with Crippen LogP contribution in [0.2, 0.25) is 0 Å². The summed E-state index contributed by atoms with van der Waals surface area (Å²) in [5, 5.41) is 5.69. The summed E-state index contributed by atoms with van der Waals surface area (Å²) in [6.45, 7) is 2.18. The second kappa shape index (κ2) is 6.48. The first-order valence-corrected chi connectivity index (χ1v) is 7.57. The number of pyridine rings is 2. The van der Waals surface area contributed by atoms with Gasteiger partial charge in [-0.05, 0) is 31.2 Å². The van der Waals surface area contributed by atoms with E-state index in [1.165, 1.54) is 11.3 Å². The standard InChI is InChI=1S/C15H13FN4OS/c1-2-21-11-6-7-13(20-14(11)16)19-12-5-3-4-10(18-12)15-17-8-9-22-15/h3-9H,2H2,1H3,(H,18,19,20). The van der Waals surface area contributed by atoms with Crippen molar-refractivity contribution in [3.05, 3.63) is 47.9 Å². The number of thiazole rings is 1. The van der Waals surface area contributed by atoms with E-state index in [1.807, 2.05) is 17.5 Å². The minimum Gasteiger partial charge on any atom is -0.489 e. The fourth-order valence-corrected chi connectivity index (χ4v) is 2.47. The molecule has 0 unspecified atom stereocenters. The molecule has 0 spiro atoms. The Kier molecular flexibility index (Phi) is 4.24. The molecular weight excluding hydrogens is 303 g/mol. The molecule has 0 saturated heterocycles. The lowest BCUT2D eigenvalue weighted by Crippen LogP contribution is -2.01. The van der Waals surface area contributed by atoms with Crippen molar-refractivity contribution in [3.8, 4) is 16.5 Å². The Morgan fingerprint density at radius 2 is 2.05 bits per heavy atom. The summed E-state index contributed by atoms with van der Waals surface area (Å²) < 4.78 is 18.9. The maximum absolute atomic E-state index is 13.7. The zero-order valence-electron chi connectivity index (χ0n) is 11.8. The van der Waals surface area contributed by atoms with Crippen LogP contribution in [0.5, 0.6) is 5.75 Å². The molecule has 3 heterocycles. The number of hydrogen-bond donors (Lipinski definition) is 1. The maximum Gasteiger partial charge on any atom is 0.257 e. The molecule has 0 aliphatic carbocycles. The van der Waals surface area contributed by atoms with Crippen LogP contribution < -0.4 is 10.1 Å². The Morgan fingerprint density at radius 1 is 1.18 bits per heavy atom. The molecule has 0 amide bonds. The SMILES string of the molecule is CCOc1ccc(Nc2cccc(-c3nccs3)n2)nc1F. The molecule has 0 bridgehead atoms. The number of anilines is 2. The van der Waals surface area contributed by atoms with Gasteiger partial charge in [-0.1, -0.05) is 6.07 Å². The Labute approximate surface area is 130 Å². The highest BCUT2D eigenvalue weighted by atomic mass is 32.1. The van der Waals surface area contributed by atoms with Crippen molar-refractivity contribution in [3.63, 3.8) is 0 Å². The van der Waals surface area contributed by atoms with Crippen LogP contribution in [0.25, 0.3) is 10.7 Å². The number of ether oxygens (including phenoxy) is 1. The molecule has 0 radical (unpaired) electrons. The van der Waals surface area contributed by atoms with Crippen molar-refractivity contribution in [2.75, 3.05) is 11.9 Å². The van der Waals surface area contributed by atoms with Crippen molar-refractivity contribution in [2.24, 2.45) is 0 Å². The molecule has 0 aliphatic heterocycles. The normalized spacial score (nSPS) is 10.5. The number of nitrogens with one attached hydrogen (secondary N) is 1. The summed E-state index contributed by atoms with van der Waals surface area (Å²) in [7, 11) is 0. The van der Waals surface area contributed by atoms with Crippen LogP contribution in [0.1, 0.15) is 6.92 Å². The fraction of sp³-hybridized carbons (Fsp3) is 0.133. The molecule has 0 saturated carbocycles. The minimum absolute atomic E-state index is 0.137. The van der Waals surface area contributed by atoms with Gasteiger partial charge in [-0.25, -0.2) is 9.97 Å². The molecule has 5 nitrogen and oxygen atoms in total. The third kappa shape index (κ3) is 3.20. The second-order valence-electron chi connectivity index (χ2n) is 4.29. The Balaban J connectivity index is 1.81. The van der Waals surface area contributed by atoms with E-state index < -0.39 is 5.95 Å². The highest BCUT2D eigenvalue weighted by Gasteiger charge is 2.08. The fourth-order valence-electron chi connectivity index (χ4n) is 1.86. The monoisotopic (exact) mass is 316 g/mol. The molecule has 0 aliphatic rings. The van der Waals surface area contributed by atoms with Gasteiger partial charge in [0.2, 0.25) is 0 Å². The first kappa shape index (κ1) is 14.4. The third-order valence-corrected chi connectivity index (χ3v) is 3.57. The first-order valence-electron chi connectivity index (χ1n) is 6.69. The average Bonchev–Trinajstić information content (AvgIpc) is 3.05. The summed E-state index contributed by atoms with van der Waals surface area (Å²) in [5.41, 5.74) is 0.756. The van der Waals surface area contributed by atoms with E-state index >= 15 is 0 Å². The number of rotatable bonds is 5. The minimum atomic E-state index is -0.650. The average molecular weight is 316 g/mol. The highest BCUT2D eigenvalue weighted by Crippen LogP contribution is 2.23. The Hall–Kier alpha value is -2.54. The summed E-state index contributed by atoms with van der Waals surface area (Å²) in [6.07, 6.45) is 1.73. The van der Waals surface area contributed by atoms with Crippen molar-refractivity contribution >= 4 is 23.0 Å². The van der Waals surface area contributed by atoms with Gasteiger partial charge >= 0.3 is 0 Å². The van der Waals surface area contributed by atoms with Gasteiger partial charge in [0.1, 0.15) is 22.3 Å². The van der Waals surface area contributed by atoms with Gasteiger partial charge in [-0.2, -0.15) is 9.37 Å². The molecule has 0 aromatic carbocycles. The summed E-state index contributed by atoms with van der Waals surface area (Å²) in [4.78, 5) is 12.5. The number of aromatic nitrogens is 3. The molecule has 1 N–H and O–H groups in total. The number of hydrogen-bond acceptors (Lipinski definition) is 6. The van der Waals surface area contributed by atoms with Crippen LogP contribution in [0.4, 0.5) is 16.0 Å². The first-order chi connectivity index (χ1) is 10.8. The summed E-state index contributed by atoms with van der Waals surface area (Å²) in [5.74, 6) is 0.425. The lowest BCUT2D eigenvalue weighted by atomic mass is 10.3. The van der Waals surface area contributed by atoms with E-state index in [1.54, 1.807) is 31.3 Å². The van der Waals surface area contributed by atoms with Crippen LogP contribution >= 0.6 is 11.3 Å². The summed E-state index contributed by atoms with van der Waals surface area (Å²) in [6, 6.07) is 8.70. The van der Waals surface area contributed by atoms with Crippen LogP contribution in [-0.4, -0.2) is 21.6 Å². The topological polar surface area (TPSA) is 59.9 Å². The van der Waals surface area contributed by atoms with E-state index in [0.29, 0.717) is 18.2 Å². The van der Waals surface area contributed by atoms with Gasteiger partial charge in [0.25, 0.3) is 5.95 Å². The molecular formula is C15H13FN4OS. The van der Waals surface area contributed by atoms with E-state index in [4.69, 9.17) is 4.74 Å². The van der Waals surface area contributed by atoms with Gasteiger partial charge in [0.15, 0.2) is 5.75 Å². The van der Waals surface area contributed by atoms with E-state index in [2.05, 4.69) is 20.3 Å². The zero-order valence-corrected chi connectivity index (χ0v) is 12.6. The molecule has 3 aromatic rings. The van der Waals surface area contributed by atoms with Gasteiger partial charge in [0, 0.05) is 11.6 Å². The van der Waals surface area contributed by atoms with Crippen molar-refractivity contribution < 1.29 is 9.13 Å². The third-order valence-electron chi connectivity index (χ3n) is 2.77. The molecule has 22 heavy (non-hydrogen) atoms. The van der Waals surface area contributed by atoms with Crippen LogP contribution in [-0.2, 0) is 0 Å². The van der Waals surface area contributed by atoms with Crippen LogP contribution in [0.3, 0.4) is 0 Å². The van der Waals surface area contributed by atoms with E-state index in [9.17, 15) is 4.39 Å². The van der Waals surface area contributed by atoms with Crippen molar-refractivity contribution in [1.82, 2.24) is 15.0 Å². The Bertz CT molecular complexity index is 764. The van der Waals surface area contributed by atoms with Crippen LogP contribution in [0.15, 0.2) is 41.9 Å². The quantitative estimate of drug-likeness (QED) is 0.724. The maximum atomic E-state index is 13.7. The predicted octanol–water partition coefficient (Wildman–Crippen LogP) is 3.88. The van der Waals surface area contributed by atoms with Gasteiger partial charge < -0.3 is 10.1 Å². The number of halogens is 1. The van der Waals surface area contributed by atoms with Crippen LogP contribution in [0, 0.1) is 5.95 Å². The largest absolute Gasteiger partial charge is 0.489 e. The lowest BCUT2D eigenvalue weighted by molar-refractivity contribution is 0.316. The lowest BCUT2D eigenvalue weighted by Gasteiger charge is -2.08. The van der Waals surface area contributed by atoms with E-state index in [-0.39, 0.29) is 5.75 Å². The predicted molar refractivity (Wildman–Crippen MR) is 84.0 cm³/mol. The molecule has 3 aromatic heterocycles. The van der Waals surface area contributed by atoms with E-state index in [0.717, 1.165) is 10.7 Å². The van der Waals surface area contributed by atoms with Gasteiger partial charge in [0.05, 0.1) is 6.61 Å². The van der Waals surface area contributed by atoms with Gasteiger partial charge in [-0.15, -0.1) is 11.3 Å². The van der Waals surface area contributed by atoms with Crippen molar-refractivity contribution in [1.29, 1.82) is 0 Å². The molecule has 3 rings (SSSR count). The molecule has 0 atom stereocenters. The van der Waals surface area contributed by atoms with Gasteiger partial charge in [-0.3, -0.25) is 0 Å². The summed E-state index contributed by atoms with van der Waals surface area (Å²) >= 11 is 1.51. The van der Waals surface area contributed by atoms with Crippen molar-refractivity contribution in [2.45, 2.75) is 6.92 Å². The second-order valence-corrected chi connectivity index (χ2v) is 5.18. The molecule has 7 heteroatoms. The zero-order chi connectivity index (χ0) is 15.4. The number of nitrogens with zero attached hydrogens (tertiary/aromatic N) is 3. The molecule has 0 fully saturated rings. The molecule has 112 valence electrons. The Morgan fingerprint density at radius 3 is 2.77 bits per heavy atom.